The van der Waals surface area contributed by atoms with Gasteiger partial charge in [-0.15, -0.1) is 11.3 Å². The number of rotatable bonds is 12. The summed E-state index contributed by atoms with van der Waals surface area (Å²) in [5, 5.41) is 1.10. The summed E-state index contributed by atoms with van der Waals surface area (Å²) in [4.78, 5) is 22.9. The average molecular weight is 523 g/mol. The lowest BCUT2D eigenvalue weighted by Gasteiger charge is -2.24. The van der Waals surface area contributed by atoms with Crippen LogP contribution in [-0.4, -0.2) is 12.1 Å². The Bertz CT molecular complexity index is 1110. The first kappa shape index (κ1) is 27.8. The van der Waals surface area contributed by atoms with Gasteiger partial charge >= 0.3 is 12.1 Å². The normalized spacial score (nSPS) is 14.3. The molecule has 3 rings (SSSR count). The molecular formula is C28H33F3O4S. The lowest BCUT2D eigenvalue weighted by molar-refractivity contribution is -0.214. The second-order valence-corrected chi connectivity index (χ2v) is 10.4. The van der Waals surface area contributed by atoms with Crippen LogP contribution in [0.25, 0.3) is 10.1 Å². The number of alkyl halides is 3. The molecule has 0 aliphatic rings. The fourth-order valence-electron chi connectivity index (χ4n) is 3.87. The monoisotopic (exact) mass is 522 g/mol. The minimum absolute atomic E-state index is 0.0137. The number of halogens is 3. The fraction of sp³-hybridized carbons (Fsp3) is 0.464. The van der Waals surface area contributed by atoms with Gasteiger partial charge in [0, 0.05) is 21.6 Å². The highest BCUT2D eigenvalue weighted by atomic mass is 32.1. The molecule has 0 saturated carbocycles. The second-order valence-electron chi connectivity index (χ2n) is 9.32. The van der Waals surface area contributed by atoms with Crippen molar-refractivity contribution in [2.45, 2.75) is 72.1 Å². The van der Waals surface area contributed by atoms with E-state index in [4.69, 9.17) is 14.5 Å². The standard InChI is InChI=1S/C28H33F3O4S/c1-5-9-27(32)35-34-23-12-8-11-22(20(23)4)33-24(16-18(2)14-15-19(3)28(29,30)31)26-17-21-10-6-7-13-25(21)36-26/h6-8,10-13,17-19,24H,5,9,14-16H2,1-4H3. The van der Waals surface area contributed by atoms with Crippen LogP contribution in [0.15, 0.2) is 48.5 Å². The van der Waals surface area contributed by atoms with Crippen LogP contribution in [0, 0.1) is 18.8 Å². The number of hydrogen-bond acceptors (Lipinski definition) is 5. The summed E-state index contributed by atoms with van der Waals surface area (Å²) < 4.78 is 46.6. The van der Waals surface area contributed by atoms with E-state index >= 15 is 0 Å². The summed E-state index contributed by atoms with van der Waals surface area (Å²) in [7, 11) is 0. The number of carbonyl (C=O) groups excluding carboxylic acids is 1. The van der Waals surface area contributed by atoms with E-state index in [-0.39, 0.29) is 24.9 Å². The number of carbonyl (C=O) groups is 1. The molecule has 0 amide bonds. The molecule has 1 aromatic heterocycles. The molecule has 0 spiro atoms. The first-order valence-electron chi connectivity index (χ1n) is 12.3. The third kappa shape index (κ3) is 7.63. The van der Waals surface area contributed by atoms with Crippen molar-refractivity contribution < 1.29 is 32.5 Å². The van der Waals surface area contributed by atoms with Gasteiger partial charge in [0.1, 0.15) is 11.9 Å². The zero-order valence-corrected chi connectivity index (χ0v) is 21.9. The average Bonchev–Trinajstić information content (AvgIpc) is 3.26. The summed E-state index contributed by atoms with van der Waals surface area (Å²) in [6, 6.07) is 15.4. The van der Waals surface area contributed by atoms with Crippen LogP contribution in [0.3, 0.4) is 0 Å². The maximum absolute atomic E-state index is 13.0. The first-order chi connectivity index (χ1) is 17.1. The molecule has 0 bridgehead atoms. The third-order valence-electron chi connectivity index (χ3n) is 6.21. The van der Waals surface area contributed by atoms with Crippen molar-refractivity contribution in [3.05, 3.63) is 59.0 Å². The van der Waals surface area contributed by atoms with Gasteiger partial charge in [-0.3, -0.25) is 9.78 Å². The Labute approximate surface area is 214 Å². The number of benzene rings is 2. The molecule has 4 nitrogen and oxygen atoms in total. The van der Waals surface area contributed by atoms with Crippen molar-refractivity contribution in [1.29, 1.82) is 0 Å². The van der Waals surface area contributed by atoms with Crippen LogP contribution in [0.1, 0.15) is 69.4 Å². The largest absolute Gasteiger partial charge is 0.484 e. The maximum Gasteiger partial charge on any atom is 0.391 e. The summed E-state index contributed by atoms with van der Waals surface area (Å²) in [6.45, 7) is 6.88. The Hall–Kier alpha value is -2.74. The molecule has 3 unspecified atom stereocenters. The van der Waals surface area contributed by atoms with Crippen LogP contribution in [0.5, 0.6) is 11.5 Å². The van der Waals surface area contributed by atoms with Gasteiger partial charge < -0.3 is 4.74 Å². The first-order valence-corrected chi connectivity index (χ1v) is 13.1. The van der Waals surface area contributed by atoms with Crippen molar-refractivity contribution in [3.8, 4) is 11.5 Å². The predicted octanol–water partition coefficient (Wildman–Crippen LogP) is 8.97. The molecule has 0 fully saturated rings. The Morgan fingerprint density at radius 3 is 2.44 bits per heavy atom. The lowest BCUT2D eigenvalue weighted by atomic mass is 9.93. The van der Waals surface area contributed by atoms with Gasteiger partial charge in [0.05, 0.1) is 5.92 Å². The molecular weight excluding hydrogens is 489 g/mol. The topological polar surface area (TPSA) is 44.8 Å². The van der Waals surface area contributed by atoms with Gasteiger partial charge in [0.25, 0.3) is 0 Å². The minimum atomic E-state index is -4.18. The number of fused-ring (bicyclic) bond motifs is 1. The van der Waals surface area contributed by atoms with Crippen LogP contribution < -0.4 is 9.62 Å². The SMILES string of the molecule is CCCC(=O)OOc1cccc(OC(CC(C)CCC(C)C(F)(F)F)c2cc3ccccc3s2)c1C. The highest BCUT2D eigenvalue weighted by Crippen LogP contribution is 2.39. The molecule has 196 valence electrons. The Morgan fingerprint density at radius 1 is 1.03 bits per heavy atom. The van der Waals surface area contributed by atoms with E-state index in [1.807, 2.05) is 51.1 Å². The molecule has 3 aromatic rings. The zero-order chi connectivity index (χ0) is 26.3. The number of ether oxygens (including phenoxy) is 1. The van der Waals surface area contributed by atoms with Crippen molar-refractivity contribution in [3.63, 3.8) is 0 Å². The molecule has 0 radical (unpaired) electrons. The van der Waals surface area contributed by atoms with E-state index in [2.05, 4.69) is 6.07 Å². The molecule has 0 aliphatic carbocycles. The van der Waals surface area contributed by atoms with E-state index in [9.17, 15) is 18.0 Å². The van der Waals surface area contributed by atoms with Gasteiger partial charge in [-0.1, -0.05) is 45.0 Å². The molecule has 0 saturated heterocycles. The van der Waals surface area contributed by atoms with E-state index in [0.29, 0.717) is 36.3 Å². The molecule has 8 heteroatoms. The van der Waals surface area contributed by atoms with E-state index in [1.165, 1.54) is 6.92 Å². The van der Waals surface area contributed by atoms with Crippen LogP contribution in [0.2, 0.25) is 0 Å². The zero-order valence-electron chi connectivity index (χ0n) is 21.1. The van der Waals surface area contributed by atoms with Gasteiger partial charge in [0.2, 0.25) is 0 Å². The highest BCUT2D eigenvalue weighted by Gasteiger charge is 2.35. The van der Waals surface area contributed by atoms with Gasteiger partial charge in [-0.2, -0.15) is 13.2 Å². The molecule has 0 N–H and O–H groups in total. The number of hydrogen-bond donors (Lipinski definition) is 0. The summed E-state index contributed by atoms with van der Waals surface area (Å²) >= 11 is 1.62. The smallest absolute Gasteiger partial charge is 0.391 e. The van der Waals surface area contributed by atoms with Crippen LogP contribution in [0.4, 0.5) is 13.2 Å². The van der Waals surface area contributed by atoms with Crippen molar-refractivity contribution >= 4 is 27.4 Å². The maximum atomic E-state index is 13.0. The summed E-state index contributed by atoms with van der Waals surface area (Å²) in [6.07, 6.45) is -2.53. The third-order valence-corrected chi connectivity index (χ3v) is 7.42. The van der Waals surface area contributed by atoms with E-state index in [0.717, 1.165) is 15.0 Å². The summed E-state index contributed by atoms with van der Waals surface area (Å²) in [5.74, 6) is -0.834. The Kier molecular flexibility index (Phi) is 9.65. The molecule has 1 heterocycles. The Morgan fingerprint density at radius 2 is 1.75 bits per heavy atom. The molecule has 3 atom stereocenters. The molecule has 0 aliphatic heterocycles. The fourth-order valence-corrected chi connectivity index (χ4v) is 4.97. The van der Waals surface area contributed by atoms with Crippen molar-refractivity contribution in [2.24, 2.45) is 11.8 Å². The minimum Gasteiger partial charge on any atom is -0.484 e. The second kappa shape index (κ2) is 12.5. The van der Waals surface area contributed by atoms with Crippen molar-refractivity contribution in [1.82, 2.24) is 0 Å². The number of thiophene rings is 1. The van der Waals surface area contributed by atoms with E-state index in [1.54, 1.807) is 23.5 Å². The Balaban J connectivity index is 1.80. The highest BCUT2D eigenvalue weighted by molar-refractivity contribution is 7.19. The molecule has 2 aromatic carbocycles. The molecule has 36 heavy (non-hydrogen) atoms. The predicted molar refractivity (Wildman–Crippen MR) is 136 cm³/mol. The quantitative estimate of drug-likeness (QED) is 0.176. The summed E-state index contributed by atoms with van der Waals surface area (Å²) in [5.41, 5.74) is 0.672. The van der Waals surface area contributed by atoms with Gasteiger partial charge in [-0.05, 0) is 68.2 Å². The van der Waals surface area contributed by atoms with E-state index < -0.39 is 18.1 Å². The lowest BCUT2D eigenvalue weighted by Crippen LogP contribution is -2.20. The van der Waals surface area contributed by atoms with Gasteiger partial charge in [-0.25, -0.2) is 4.79 Å². The van der Waals surface area contributed by atoms with Crippen molar-refractivity contribution in [2.75, 3.05) is 0 Å². The van der Waals surface area contributed by atoms with Crippen LogP contribution >= 0.6 is 11.3 Å². The van der Waals surface area contributed by atoms with Crippen LogP contribution in [-0.2, 0) is 9.68 Å². The van der Waals surface area contributed by atoms with Gasteiger partial charge in [0.15, 0.2) is 5.75 Å².